The average molecular weight is 259 g/mol. The molecule has 1 unspecified atom stereocenters. The second-order valence-corrected chi connectivity index (χ2v) is 4.15. The minimum atomic E-state index is -1.20. The molecule has 0 heterocycles. The zero-order chi connectivity index (χ0) is 14.1. The standard InChI is InChI=1S/C11H21N3O4/c1-2-3-4-7(12)10(16)14-8(11(17)18)5-6-9(13)15/h7-8H,2-6,12H2,1H3,(H2,13,15)(H,14,16)(H,17,18)/t7-,8?/m0/s1. The maximum atomic E-state index is 11.6. The maximum absolute atomic E-state index is 11.6. The van der Waals surface area contributed by atoms with Gasteiger partial charge in [-0.1, -0.05) is 19.8 Å². The van der Waals surface area contributed by atoms with Gasteiger partial charge in [-0.05, 0) is 12.8 Å². The van der Waals surface area contributed by atoms with E-state index in [0.717, 1.165) is 12.8 Å². The van der Waals surface area contributed by atoms with Crippen LogP contribution in [0.3, 0.4) is 0 Å². The average Bonchev–Trinajstić information content (AvgIpc) is 2.30. The lowest BCUT2D eigenvalue weighted by atomic mass is 10.1. The van der Waals surface area contributed by atoms with E-state index in [9.17, 15) is 14.4 Å². The molecule has 0 aromatic heterocycles. The molecule has 7 heteroatoms. The number of primary amides is 1. The van der Waals surface area contributed by atoms with Crippen molar-refractivity contribution in [3.05, 3.63) is 0 Å². The van der Waals surface area contributed by atoms with Gasteiger partial charge in [0, 0.05) is 6.42 Å². The molecule has 2 atom stereocenters. The summed E-state index contributed by atoms with van der Waals surface area (Å²) in [6.07, 6.45) is 2.08. The van der Waals surface area contributed by atoms with Crippen molar-refractivity contribution >= 4 is 17.8 Å². The third kappa shape index (κ3) is 6.85. The Morgan fingerprint density at radius 2 is 1.89 bits per heavy atom. The molecule has 0 radical (unpaired) electrons. The lowest BCUT2D eigenvalue weighted by molar-refractivity contribution is -0.142. The van der Waals surface area contributed by atoms with Crippen LogP contribution >= 0.6 is 0 Å². The van der Waals surface area contributed by atoms with Crippen molar-refractivity contribution in [3.63, 3.8) is 0 Å². The minimum Gasteiger partial charge on any atom is -0.480 e. The van der Waals surface area contributed by atoms with Gasteiger partial charge in [-0.2, -0.15) is 0 Å². The molecule has 0 aromatic rings. The predicted octanol–water partition coefficient (Wildman–Crippen LogP) is -0.661. The minimum absolute atomic E-state index is 0.0308. The highest BCUT2D eigenvalue weighted by atomic mass is 16.4. The van der Waals surface area contributed by atoms with Crippen LogP contribution in [0.25, 0.3) is 0 Å². The lowest BCUT2D eigenvalue weighted by Gasteiger charge is -2.17. The largest absolute Gasteiger partial charge is 0.480 e. The lowest BCUT2D eigenvalue weighted by Crippen LogP contribution is -2.48. The Morgan fingerprint density at radius 1 is 1.28 bits per heavy atom. The number of amides is 2. The molecule has 6 N–H and O–H groups in total. The molecule has 104 valence electrons. The van der Waals surface area contributed by atoms with Crippen molar-refractivity contribution in [1.29, 1.82) is 0 Å². The number of carbonyl (C=O) groups excluding carboxylic acids is 2. The number of nitrogens with one attached hydrogen (secondary N) is 1. The van der Waals surface area contributed by atoms with Crippen molar-refractivity contribution in [3.8, 4) is 0 Å². The second-order valence-electron chi connectivity index (χ2n) is 4.15. The molecular formula is C11H21N3O4. The molecule has 0 saturated heterocycles. The van der Waals surface area contributed by atoms with Crippen molar-refractivity contribution in [2.24, 2.45) is 11.5 Å². The van der Waals surface area contributed by atoms with Crippen LogP contribution in [0.1, 0.15) is 39.0 Å². The number of rotatable bonds is 9. The van der Waals surface area contributed by atoms with Gasteiger partial charge < -0.3 is 21.9 Å². The quantitative estimate of drug-likeness (QED) is 0.436. The number of unbranched alkanes of at least 4 members (excludes halogenated alkanes) is 1. The van der Waals surface area contributed by atoms with Gasteiger partial charge in [-0.15, -0.1) is 0 Å². The molecular weight excluding hydrogens is 238 g/mol. The third-order valence-corrected chi connectivity index (χ3v) is 2.50. The number of aliphatic carboxylic acids is 1. The first-order chi connectivity index (χ1) is 8.38. The number of carbonyl (C=O) groups is 3. The van der Waals surface area contributed by atoms with Gasteiger partial charge in [0.1, 0.15) is 6.04 Å². The van der Waals surface area contributed by atoms with Gasteiger partial charge in [0.05, 0.1) is 6.04 Å². The molecule has 0 fully saturated rings. The van der Waals surface area contributed by atoms with Crippen molar-refractivity contribution in [2.45, 2.75) is 51.1 Å². The van der Waals surface area contributed by atoms with Gasteiger partial charge in [0.15, 0.2) is 0 Å². The van der Waals surface area contributed by atoms with Crippen LogP contribution in [0.2, 0.25) is 0 Å². The van der Waals surface area contributed by atoms with Crippen molar-refractivity contribution in [1.82, 2.24) is 5.32 Å². The first-order valence-corrected chi connectivity index (χ1v) is 5.95. The summed E-state index contributed by atoms with van der Waals surface area (Å²) < 4.78 is 0. The fourth-order valence-electron chi connectivity index (χ4n) is 1.38. The Labute approximate surface area is 106 Å². The molecule has 0 aliphatic rings. The fraction of sp³-hybridized carbons (Fsp3) is 0.727. The zero-order valence-electron chi connectivity index (χ0n) is 10.5. The Hall–Kier alpha value is -1.63. The molecule has 2 amide bonds. The predicted molar refractivity (Wildman–Crippen MR) is 65.5 cm³/mol. The van der Waals surface area contributed by atoms with Gasteiger partial charge in [0.25, 0.3) is 0 Å². The van der Waals surface area contributed by atoms with Crippen LogP contribution in [0.5, 0.6) is 0 Å². The molecule has 0 saturated carbocycles. The Morgan fingerprint density at radius 3 is 2.33 bits per heavy atom. The van der Waals surface area contributed by atoms with Gasteiger partial charge >= 0.3 is 5.97 Å². The molecule has 0 bridgehead atoms. The number of carboxylic acids is 1. The second kappa shape index (κ2) is 8.46. The molecule has 7 nitrogen and oxygen atoms in total. The molecule has 0 aliphatic heterocycles. The highest BCUT2D eigenvalue weighted by Gasteiger charge is 2.23. The zero-order valence-corrected chi connectivity index (χ0v) is 10.5. The number of hydrogen-bond donors (Lipinski definition) is 4. The fourth-order valence-corrected chi connectivity index (χ4v) is 1.38. The first-order valence-electron chi connectivity index (χ1n) is 5.95. The van der Waals surface area contributed by atoms with E-state index in [1.807, 2.05) is 6.92 Å². The summed E-state index contributed by atoms with van der Waals surface area (Å²) in [6, 6.07) is -1.85. The third-order valence-electron chi connectivity index (χ3n) is 2.50. The van der Waals surface area contributed by atoms with E-state index in [0.29, 0.717) is 6.42 Å². The van der Waals surface area contributed by atoms with E-state index in [2.05, 4.69) is 5.32 Å². The monoisotopic (exact) mass is 259 g/mol. The van der Waals surface area contributed by atoms with Crippen LogP contribution in [0, 0.1) is 0 Å². The Balaban J connectivity index is 4.26. The summed E-state index contributed by atoms with van der Waals surface area (Å²) in [4.78, 5) is 33.0. The Kier molecular flexibility index (Phi) is 7.69. The number of nitrogens with two attached hydrogens (primary N) is 2. The maximum Gasteiger partial charge on any atom is 0.326 e. The molecule has 0 spiro atoms. The van der Waals surface area contributed by atoms with E-state index >= 15 is 0 Å². The highest BCUT2D eigenvalue weighted by molar-refractivity contribution is 5.87. The van der Waals surface area contributed by atoms with Crippen LogP contribution < -0.4 is 16.8 Å². The van der Waals surface area contributed by atoms with Crippen LogP contribution in [-0.4, -0.2) is 35.0 Å². The number of carboxylic acid groups (broad SMARTS) is 1. The summed E-state index contributed by atoms with van der Waals surface area (Å²) >= 11 is 0. The van der Waals surface area contributed by atoms with Crippen LogP contribution in [0.15, 0.2) is 0 Å². The van der Waals surface area contributed by atoms with E-state index in [1.165, 1.54) is 0 Å². The summed E-state index contributed by atoms with van der Waals surface area (Å²) in [6.45, 7) is 1.97. The van der Waals surface area contributed by atoms with Gasteiger partial charge in [0.2, 0.25) is 11.8 Å². The topological polar surface area (TPSA) is 136 Å². The Bertz CT molecular complexity index is 307. The summed E-state index contributed by atoms with van der Waals surface area (Å²) in [7, 11) is 0. The van der Waals surface area contributed by atoms with E-state index in [4.69, 9.17) is 16.6 Å². The summed E-state index contributed by atoms with van der Waals surface area (Å²) in [5.74, 6) is -2.32. The smallest absolute Gasteiger partial charge is 0.326 e. The van der Waals surface area contributed by atoms with Gasteiger partial charge in [-0.25, -0.2) is 4.79 Å². The van der Waals surface area contributed by atoms with E-state index in [-0.39, 0.29) is 12.8 Å². The van der Waals surface area contributed by atoms with Crippen LogP contribution in [-0.2, 0) is 14.4 Å². The van der Waals surface area contributed by atoms with E-state index < -0.39 is 29.9 Å². The van der Waals surface area contributed by atoms with Gasteiger partial charge in [-0.3, -0.25) is 9.59 Å². The SMILES string of the molecule is CCCC[C@H](N)C(=O)NC(CCC(N)=O)C(=O)O. The first kappa shape index (κ1) is 16.4. The highest BCUT2D eigenvalue weighted by Crippen LogP contribution is 2.01. The van der Waals surface area contributed by atoms with Crippen molar-refractivity contribution < 1.29 is 19.5 Å². The normalized spacial score (nSPS) is 13.7. The van der Waals surface area contributed by atoms with Crippen molar-refractivity contribution in [2.75, 3.05) is 0 Å². The molecule has 0 aromatic carbocycles. The summed E-state index contributed by atoms with van der Waals surface area (Å²) in [5, 5.41) is 11.2. The summed E-state index contributed by atoms with van der Waals surface area (Å²) in [5.41, 5.74) is 10.5. The van der Waals surface area contributed by atoms with Crippen LogP contribution in [0.4, 0.5) is 0 Å². The molecule has 18 heavy (non-hydrogen) atoms. The molecule has 0 rings (SSSR count). The number of hydrogen-bond acceptors (Lipinski definition) is 4. The van der Waals surface area contributed by atoms with E-state index in [1.54, 1.807) is 0 Å². The molecule has 0 aliphatic carbocycles.